The zero-order valence-electron chi connectivity index (χ0n) is 11.8. The number of nitrogens with zero attached hydrogens (tertiary/aromatic N) is 1. The van der Waals surface area contributed by atoms with Gasteiger partial charge in [0.05, 0.1) is 0 Å². The largest absolute Gasteiger partial charge is 0.338 e. The molecule has 0 fully saturated rings. The average Bonchev–Trinajstić information content (AvgIpc) is 2.66. The van der Waals surface area contributed by atoms with Crippen molar-refractivity contribution in [3.8, 4) is 0 Å². The molecule has 1 aromatic rings. The summed E-state index contributed by atoms with van der Waals surface area (Å²) in [5.41, 5.74) is 8.22. The molecule has 1 heterocycles. The summed E-state index contributed by atoms with van der Waals surface area (Å²) >= 11 is 0. The highest BCUT2D eigenvalue weighted by molar-refractivity contribution is 5.78. The molecule has 1 unspecified atom stereocenters. The van der Waals surface area contributed by atoms with E-state index in [4.69, 9.17) is 5.73 Å². The molecule has 1 atom stereocenters. The van der Waals surface area contributed by atoms with Crippen LogP contribution < -0.4 is 5.73 Å². The molecule has 0 spiro atoms. The van der Waals surface area contributed by atoms with Crippen LogP contribution in [-0.4, -0.2) is 23.9 Å². The van der Waals surface area contributed by atoms with Crippen molar-refractivity contribution in [2.24, 2.45) is 11.7 Å². The Morgan fingerprint density at radius 1 is 1.37 bits per heavy atom. The second-order valence-corrected chi connectivity index (χ2v) is 5.46. The standard InChI is InChI=1S/C16H24N2O/c1-13(6-4-10-17)16(19)18-11-5-9-14-7-2-3-8-15(14)12-18/h2-3,7-8,13H,4-6,9-12,17H2,1H3. The molecule has 2 rings (SSSR count). The lowest BCUT2D eigenvalue weighted by atomic mass is 10.0. The number of hydrogen-bond donors (Lipinski definition) is 1. The van der Waals surface area contributed by atoms with Crippen molar-refractivity contribution in [3.05, 3.63) is 35.4 Å². The van der Waals surface area contributed by atoms with Gasteiger partial charge in [0.2, 0.25) is 5.91 Å². The highest BCUT2D eigenvalue weighted by atomic mass is 16.2. The summed E-state index contributed by atoms with van der Waals surface area (Å²) < 4.78 is 0. The Balaban J connectivity index is 2.03. The molecular weight excluding hydrogens is 236 g/mol. The van der Waals surface area contributed by atoms with E-state index in [1.807, 2.05) is 11.8 Å². The van der Waals surface area contributed by atoms with Gasteiger partial charge in [-0.2, -0.15) is 0 Å². The summed E-state index contributed by atoms with van der Waals surface area (Å²) in [4.78, 5) is 14.5. The van der Waals surface area contributed by atoms with Gasteiger partial charge in [-0.05, 0) is 43.4 Å². The van der Waals surface area contributed by atoms with Crippen LogP contribution in [0.5, 0.6) is 0 Å². The number of rotatable bonds is 4. The van der Waals surface area contributed by atoms with Gasteiger partial charge in [-0.25, -0.2) is 0 Å². The van der Waals surface area contributed by atoms with Crippen molar-refractivity contribution in [3.63, 3.8) is 0 Å². The van der Waals surface area contributed by atoms with Crippen molar-refractivity contribution in [1.82, 2.24) is 4.90 Å². The highest BCUT2D eigenvalue weighted by Crippen LogP contribution is 2.20. The van der Waals surface area contributed by atoms with E-state index in [9.17, 15) is 4.79 Å². The van der Waals surface area contributed by atoms with Crippen molar-refractivity contribution >= 4 is 5.91 Å². The number of aryl methyl sites for hydroxylation is 1. The van der Waals surface area contributed by atoms with Gasteiger partial charge in [0.1, 0.15) is 0 Å². The van der Waals surface area contributed by atoms with E-state index in [1.54, 1.807) is 0 Å². The monoisotopic (exact) mass is 260 g/mol. The number of fused-ring (bicyclic) bond motifs is 1. The van der Waals surface area contributed by atoms with Gasteiger partial charge in [-0.3, -0.25) is 4.79 Å². The first-order valence-electron chi connectivity index (χ1n) is 7.28. The lowest BCUT2D eigenvalue weighted by molar-refractivity contribution is -0.135. The SMILES string of the molecule is CC(CCCN)C(=O)N1CCCc2ccccc2C1. The highest BCUT2D eigenvalue weighted by Gasteiger charge is 2.22. The van der Waals surface area contributed by atoms with Gasteiger partial charge in [-0.15, -0.1) is 0 Å². The molecule has 1 amide bonds. The fourth-order valence-corrected chi connectivity index (χ4v) is 2.75. The summed E-state index contributed by atoms with van der Waals surface area (Å²) in [7, 11) is 0. The van der Waals surface area contributed by atoms with E-state index in [1.165, 1.54) is 11.1 Å². The molecule has 1 aliphatic rings. The van der Waals surface area contributed by atoms with Crippen LogP contribution in [-0.2, 0) is 17.8 Å². The molecule has 19 heavy (non-hydrogen) atoms. The lowest BCUT2D eigenvalue weighted by Gasteiger charge is -2.24. The van der Waals surface area contributed by atoms with Crippen LogP contribution in [0, 0.1) is 5.92 Å². The first-order chi connectivity index (χ1) is 9.22. The minimum atomic E-state index is 0.0915. The van der Waals surface area contributed by atoms with Crippen molar-refractivity contribution in [2.75, 3.05) is 13.1 Å². The van der Waals surface area contributed by atoms with Gasteiger partial charge in [0.25, 0.3) is 0 Å². The molecule has 3 nitrogen and oxygen atoms in total. The normalized spacial score (nSPS) is 16.6. The van der Waals surface area contributed by atoms with Gasteiger partial charge in [0, 0.05) is 19.0 Å². The molecule has 1 aliphatic heterocycles. The third-order valence-corrected chi connectivity index (χ3v) is 3.93. The Morgan fingerprint density at radius 3 is 2.84 bits per heavy atom. The molecule has 1 aromatic carbocycles. The molecule has 3 heteroatoms. The second-order valence-electron chi connectivity index (χ2n) is 5.46. The third kappa shape index (κ3) is 3.57. The van der Waals surface area contributed by atoms with Gasteiger partial charge in [0.15, 0.2) is 0 Å². The minimum Gasteiger partial charge on any atom is -0.338 e. The Hall–Kier alpha value is -1.35. The molecule has 0 radical (unpaired) electrons. The van der Waals surface area contributed by atoms with Gasteiger partial charge >= 0.3 is 0 Å². The first kappa shape index (κ1) is 14.1. The second kappa shape index (κ2) is 6.71. The molecular formula is C16H24N2O. The Morgan fingerprint density at radius 2 is 2.11 bits per heavy atom. The number of amides is 1. The van der Waals surface area contributed by atoms with Crippen molar-refractivity contribution in [2.45, 2.75) is 39.2 Å². The molecule has 0 saturated heterocycles. The minimum absolute atomic E-state index is 0.0915. The summed E-state index contributed by atoms with van der Waals surface area (Å²) in [6, 6.07) is 8.47. The number of carbonyl (C=O) groups is 1. The fourth-order valence-electron chi connectivity index (χ4n) is 2.75. The van der Waals surface area contributed by atoms with E-state index in [-0.39, 0.29) is 11.8 Å². The fraction of sp³-hybridized carbons (Fsp3) is 0.562. The number of nitrogens with two attached hydrogens (primary N) is 1. The summed E-state index contributed by atoms with van der Waals surface area (Å²) in [5.74, 6) is 0.374. The van der Waals surface area contributed by atoms with Crippen LogP contribution in [0.4, 0.5) is 0 Å². The molecule has 0 aromatic heterocycles. The summed E-state index contributed by atoms with van der Waals surface area (Å²) in [6.45, 7) is 4.33. The summed E-state index contributed by atoms with van der Waals surface area (Å²) in [6.07, 6.45) is 3.97. The van der Waals surface area contributed by atoms with E-state index >= 15 is 0 Å². The van der Waals surface area contributed by atoms with Crippen molar-refractivity contribution < 1.29 is 4.79 Å². The Bertz CT molecular complexity index is 431. The van der Waals surface area contributed by atoms with Crippen LogP contribution in [0.3, 0.4) is 0 Å². The quantitative estimate of drug-likeness (QED) is 0.903. The smallest absolute Gasteiger partial charge is 0.225 e. The molecule has 2 N–H and O–H groups in total. The Kier molecular flexibility index (Phi) is 4.97. The topological polar surface area (TPSA) is 46.3 Å². The molecule has 0 saturated carbocycles. The van der Waals surface area contributed by atoms with Crippen LogP contribution in [0.15, 0.2) is 24.3 Å². The van der Waals surface area contributed by atoms with Gasteiger partial charge < -0.3 is 10.6 Å². The van der Waals surface area contributed by atoms with Crippen molar-refractivity contribution in [1.29, 1.82) is 0 Å². The maximum Gasteiger partial charge on any atom is 0.225 e. The Labute approximate surface area is 115 Å². The zero-order valence-corrected chi connectivity index (χ0v) is 11.8. The average molecular weight is 260 g/mol. The van der Waals surface area contributed by atoms with Crippen LogP contribution in [0.25, 0.3) is 0 Å². The molecule has 0 bridgehead atoms. The zero-order chi connectivity index (χ0) is 13.7. The maximum absolute atomic E-state index is 12.5. The van der Waals surface area contributed by atoms with E-state index in [0.29, 0.717) is 6.54 Å². The summed E-state index contributed by atoms with van der Waals surface area (Å²) in [5, 5.41) is 0. The first-order valence-corrected chi connectivity index (χ1v) is 7.28. The maximum atomic E-state index is 12.5. The number of benzene rings is 1. The van der Waals surface area contributed by atoms with E-state index in [0.717, 1.165) is 38.8 Å². The number of hydrogen-bond acceptors (Lipinski definition) is 2. The molecule has 104 valence electrons. The predicted octanol–water partition coefficient (Wildman–Crippen LogP) is 2.34. The van der Waals surface area contributed by atoms with Crippen LogP contribution in [0.1, 0.15) is 37.3 Å². The van der Waals surface area contributed by atoms with Gasteiger partial charge in [-0.1, -0.05) is 31.2 Å². The van der Waals surface area contributed by atoms with Crippen LogP contribution >= 0.6 is 0 Å². The predicted molar refractivity (Wildman–Crippen MR) is 77.6 cm³/mol. The van der Waals surface area contributed by atoms with E-state index < -0.39 is 0 Å². The molecule has 0 aliphatic carbocycles. The third-order valence-electron chi connectivity index (χ3n) is 3.93. The van der Waals surface area contributed by atoms with Crippen LogP contribution in [0.2, 0.25) is 0 Å². The number of carbonyl (C=O) groups excluding carboxylic acids is 1. The lowest BCUT2D eigenvalue weighted by Crippen LogP contribution is -2.35. The van der Waals surface area contributed by atoms with E-state index in [2.05, 4.69) is 24.3 Å².